The molecular weight excluding hydrogens is 138 g/mol. The van der Waals surface area contributed by atoms with Gasteiger partial charge in [0.25, 0.3) is 0 Å². The molecule has 0 aromatic heterocycles. The van der Waals surface area contributed by atoms with Crippen molar-refractivity contribution in [2.75, 3.05) is 20.1 Å². The number of aliphatic hydroxyl groups excluding tert-OH is 1. The van der Waals surface area contributed by atoms with Crippen LogP contribution in [-0.4, -0.2) is 36.2 Å². The van der Waals surface area contributed by atoms with Crippen LogP contribution in [0.4, 0.5) is 0 Å². The number of nitrogens with zero attached hydrogens (tertiary/aromatic N) is 1. The molecule has 1 saturated carbocycles. The van der Waals surface area contributed by atoms with Gasteiger partial charge in [-0.25, -0.2) is 0 Å². The Kier molecular flexibility index (Phi) is 3.09. The molecule has 0 atom stereocenters. The lowest BCUT2D eigenvalue weighted by atomic mass is 9.82. The zero-order valence-electron chi connectivity index (χ0n) is 7.16. The lowest BCUT2D eigenvalue weighted by Crippen LogP contribution is -2.37. The standard InChI is InChI=1S/C9H17NO/c1-3-4-10(2)7-8-5-9(11)6-8/h3,8-9,11H,1,4-7H2,2H3. The van der Waals surface area contributed by atoms with Crippen molar-refractivity contribution < 1.29 is 5.11 Å². The zero-order valence-corrected chi connectivity index (χ0v) is 7.16. The van der Waals surface area contributed by atoms with Crippen LogP contribution in [0.2, 0.25) is 0 Å². The van der Waals surface area contributed by atoms with Gasteiger partial charge >= 0.3 is 0 Å². The van der Waals surface area contributed by atoms with E-state index in [1.807, 2.05) is 6.08 Å². The van der Waals surface area contributed by atoms with E-state index in [1.54, 1.807) is 0 Å². The van der Waals surface area contributed by atoms with Crippen molar-refractivity contribution in [1.82, 2.24) is 4.90 Å². The molecular formula is C9H17NO. The van der Waals surface area contributed by atoms with Gasteiger partial charge in [0, 0.05) is 13.1 Å². The summed E-state index contributed by atoms with van der Waals surface area (Å²) in [5, 5.41) is 9.02. The maximum Gasteiger partial charge on any atom is 0.0546 e. The summed E-state index contributed by atoms with van der Waals surface area (Å²) in [7, 11) is 2.09. The van der Waals surface area contributed by atoms with Crippen LogP contribution >= 0.6 is 0 Å². The van der Waals surface area contributed by atoms with Gasteiger partial charge in [0.1, 0.15) is 0 Å². The zero-order chi connectivity index (χ0) is 8.27. The van der Waals surface area contributed by atoms with Crippen molar-refractivity contribution in [3.63, 3.8) is 0 Å². The van der Waals surface area contributed by atoms with Crippen LogP contribution < -0.4 is 0 Å². The quantitative estimate of drug-likeness (QED) is 0.609. The molecule has 0 amide bonds. The van der Waals surface area contributed by atoms with E-state index in [0.717, 1.165) is 31.8 Å². The van der Waals surface area contributed by atoms with Gasteiger partial charge in [-0.1, -0.05) is 6.08 Å². The molecule has 1 rings (SSSR count). The minimum atomic E-state index is -0.0165. The number of rotatable bonds is 4. The molecule has 0 unspecified atom stereocenters. The van der Waals surface area contributed by atoms with Crippen LogP contribution in [-0.2, 0) is 0 Å². The molecule has 2 heteroatoms. The summed E-state index contributed by atoms with van der Waals surface area (Å²) < 4.78 is 0. The lowest BCUT2D eigenvalue weighted by Gasteiger charge is -2.34. The fourth-order valence-corrected chi connectivity index (χ4v) is 1.59. The van der Waals surface area contributed by atoms with E-state index in [1.165, 1.54) is 0 Å². The van der Waals surface area contributed by atoms with Gasteiger partial charge in [-0.15, -0.1) is 6.58 Å². The molecule has 0 spiro atoms. The number of hydrogen-bond donors (Lipinski definition) is 1. The Labute approximate surface area is 68.5 Å². The second-order valence-electron chi connectivity index (χ2n) is 3.50. The molecule has 1 aliphatic rings. The summed E-state index contributed by atoms with van der Waals surface area (Å²) in [4.78, 5) is 2.24. The first-order valence-corrected chi connectivity index (χ1v) is 4.20. The van der Waals surface area contributed by atoms with Crippen molar-refractivity contribution >= 4 is 0 Å². The van der Waals surface area contributed by atoms with Gasteiger partial charge in [-0.2, -0.15) is 0 Å². The molecule has 64 valence electrons. The Bertz CT molecular complexity index is 130. The van der Waals surface area contributed by atoms with Gasteiger partial charge in [0.15, 0.2) is 0 Å². The molecule has 1 fully saturated rings. The number of aliphatic hydroxyl groups is 1. The molecule has 0 aromatic carbocycles. The molecule has 2 nitrogen and oxygen atoms in total. The minimum Gasteiger partial charge on any atom is -0.393 e. The predicted octanol–water partition coefficient (Wildman–Crippen LogP) is 0.875. The molecule has 0 bridgehead atoms. The fourth-order valence-electron chi connectivity index (χ4n) is 1.59. The van der Waals surface area contributed by atoms with Crippen molar-refractivity contribution in [2.24, 2.45) is 5.92 Å². The summed E-state index contributed by atoms with van der Waals surface area (Å²) in [5.41, 5.74) is 0. The van der Waals surface area contributed by atoms with Gasteiger partial charge in [-0.05, 0) is 25.8 Å². The first-order chi connectivity index (χ1) is 5.22. The highest BCUT2D eigenvalue weighted by Gasteiger charge is 2.27. The monoisotopic (exact) mass is 155 g/mol. The number of likely N-dealkylation sites (N-methyl/N-ethyl adjacent to an activating group) is 1. The molecule has 0 aliphatic heterocycles. The first kappa shape index (κ1) is 8.75. The third kappa shape index (κ3) is 2.64. The molecule has 0 saturated heterocycles. The van der Waals surface area contributed by atoms with Crippen LogP contribution in [0, 0.1) is 5.92 Å². The SMILES string of the molecule is C=CCN(C)CC1CC(O)C1. The second-order valence-corrected chi connectivity index (χ2v) is 3.50. The highest BCUT2D eigenvalue weighted by Crippen LogP contribution is 2.27. The summed E-state index contributed by atoms with van der Waals surface area (Å²) in [5.74, 6) is 0.718. The summed E-state index contributed by atoms with van der Waals surface area (Å²) >= 11 is 0. The van der Waals surface area contributed by atoms with Gasteiger partial charge < -0.3 is 10.0 Å². The third-order valence-electron chi connectivity index (χ3n) is 2.22. The van der Waals surface area contributed by atoms with Crippen molar-refractivity contribution in [3.05, 3.63) is 12.7 Å². The van der Waals surface area contributed by atoms with Crippen molar-refractivity contribution in [1.29, 1.82) is 0 Å². The van der Waals surface area contributed by atoms with Crippen LogP contribution in [0.25, 0.3) is 0 Å². The Morgan fingerprint density at radius 3 is 2.73 bits per heavy atom. The molecule has 1 aliphatic carbocycles. The molecule has 0 heterocycles. The molecule has 0 aromatic rings. The Balaban J connectivity index is 2.06. The minimum absolute atomic E-state index is 0.0165. The smallest absolute Gasteiger partial charge is 0.0546 e. The second kappa shape index (κ2) is 3.88. The summed E-state index contributed by atoms with van der Waals surface area (Å²) in [6, 6.07) is 0. The molecule has 11 heavy (non-hydrogen) atoms. The lowest BCUT2D eigenvalue weighted by molar-refractivity contribution is 0.0298. The summed E-state index contributed by atoms with van der Waals surface area (Å²) in [6.45, 7) is 5.73. The Morgan fingerprint density at radius 2 is 2.27 bits per heavy atom. The van der Waals surface area contributed by atoms with E-state index >= 15 is 0 Å². The Hall–Kier alpha value is -0.340. The maximum atomic E-state index is 9.02. The van der Waals surface area contributed by atoms with Gasteiger partial charge in [0.05, 0.1) is 6.10 Å². The van der Waals surface area contributed by atoms with Gasteiger partial charge in [-0.3, -0.25) is 0 Å². The van der Waals surface area contributed by atoms with E-state index in [2.05, 4.69) is 18.5 Å². The van der Waals surface area contributed by atoms with Crippen molar-refractivity contribution in [3.8, 4) is 0 Å². The van der Waals surface area contributed by atoms with Crippen LogP contribution in [0.1, 0.15) is 12.8 Å². The molecule has 1 N–H and O–H groups in total. The fraction of sp³-hybridized carbons (Fsp3) is 0.778. The van der Waals surface area contributed by atoms with Crippen LogP contribution in [0.3, 0.4) is 0 Å². The van der Waals surface area contributed by atoms with E-state index in [4.69, 9.17) is 5.11 Å². The maximum absolute atomic E-state index is 9.02. The van der Waals surface area contributed by atoms with E-state index in [9.17, 15) is 0 Å². The highest BCUT2D eigenvalue weighted by atomic mass is 16.3. The summed E-state index contributed by atoms with van der Waals surface area (Å²) in [6.07, 6.45) is 3.87. The third-order valence-corrected chi connectivity index (χ3v) is 2.22. The van der Waals surface area contributed by atoms with E-state index in [-0.39, 0.29) is 6.10 Å². The van der Waals surface area contributed by atoms with Gasteiger partial charge in [0.2, 0.25) is 0 Å². The predicted molar refractivity (Wildman–Crippen MR) is 46.4 cm³/mol. The van der Waals surface area contributed by atoms with Crippen molar-refractivity contribution in [2.45, 2.75) is 18.9 Å². The normalized spacial score (nSPS) is 30.1. The average Bonchev–Trinajstić information content (AvgIpc) is 1.85. The number of hydrogen-bond acceptors (Lipinski definition) is 2. The van der Waals surface area contributed by atoms with E-state index < -0.39 is 0 Å². The van der Waals surface area contributed by atoms with Crippen LogP contribution in [0.5, 0.6) is 0 Å². The molecule has 0 radical (unpaired) electrons. The first-order valence-electron chi connectivity index (χ1n) is 4.20. The Morgan fingerprint density at radius 1 is 1.64 bits per heavy atom. The topological polar surface area (TPSA) is 23.5 Å². The average molecular weight is 155 g/mol. The largest absolute Gasteiger partial charge is 0.393 e. The van der Waals surface area contributed by atoms with Crippen LogP contribution in [0.15, 0.2) is 12.7 Å². The van der Waals surface area contributed by atoms with E-state index in [0.29, 0.717) is 0 Å². The highest BCUT2D eigenvalue weighted by molar-refractivity contribution is 4.82.